The topological polar surface area (TPSA) is 123 Å². The number of benzene rings is 1. The number of nitrogens with one attached hydrogen (secondary N) is 1. The monoisotopic (exact) mass is 481 g/mol. The van der Waals surface area contributed by atoms with Gasteiger partial charge < -0.3 is 25.0 Å². The van der Waals surface area contributed by atoms with Gasteiger partial charge in [-0.1, -0.05) is 42.2 Å². The van der Waals surface area contributed by atoms with Gasteiger partial charge in [0.1, 0.15) is 18.8 Å². The van der Waals surface area contributed by atoms with E-state index in [1.807, 2.05) is 30.3 Å². The van der Waals surface area contributed by atoms with Crippen LogP contribution in [-0.4, -0.2) is 100 Å². The van der Waals surface area contributed by atoms with Crippen molar-refractivity contribution in [2.75, 3.05) is 39.4 Å². The molecule has 0 saturated carbocycles. The molecular formula is C24H27N5O6. The highest BCUT2D eigenvalue weighted by molar-refractivity contribution is 5.93. The summed E-state index contributed by atoms with van der Waals surface area (Å²) in [4.78, 5) is 53.6. The first-order valence-electron chi connectivity index (χ1n) is 11.0. The first kappa shape index (κ1) is 25.6. The van der Waals surface area contributed by atoms with Crippen LogP contribution < -0.4 is 5.32 Å². The van der Waals surface area contributed by atoms with Crippen LogP contribution in [0.3, 0.4) is 0 Å². The zero-order valence-electron chi connectivity index (χ0n) is 19.1. The van der Waals surface area contributed by atoms with Gasteiger partial charge >= 0.3 is 12.0 Å². The molecule has 2 N–H and O–H groups in total. The smallest absolute Gasteiger partial charge is 0.334 e. The summed E-state index contributed by atoms with van der Waals surface area (Å²) in [6.45, 7) is 0.167. The largest absolute Gasteiger partial charge is 0.481 e. The number of rotatable bonds is 9. The molecule has 0 radical (unpaired) electrons. The SMILES string of the molecule is C#CCOCCN1C[C@H]2N(C(=O)CN(CC#C)N2C(=O)NCc2ccccc2)[C@@H](CC(=O)O)C1=O. The quantitative estimate of drug-likeness (QED) is 0.362. The van der Waals surface area contributed by atoms with Crippen LogP contribution in [-0.2, 0) is 25.7 Å². The summed E-state index contributed by atoms with van der Waals surface area (Å²) >= 11 is 0. The number of urea groups is 1. The Morgan fingerprint density at radius 1 is 1.17 bits per heavy atom. The molecule has 3 rings (SSSR count). The Kier molecular flexibility index (Phi) is 8.68. The van der Waals surface area contributed by atoms with E-state index < -0.39 is 42.4 Å². The Balaban J connectivity index is 1.89. The fraction of sp³-hybridized carbons (Fsp3) is 0.417. The lowest BCUT2D eigenvalue weighted by atomic mass is 10.0. The molecule has 11 heteroatoms. The highest BCUT2D eigenvalue weighted by atomic mass is 16.5. The molecule has 11 nitrogen and oxygen atoms in total. The minimum atomic E-state index is -1.27. The molecule has 2 aliphatic rings. The van der Waals surface area contributed by atoms with Crippen LogP contribution in [0.5, 0.6) is 0 Å². The van der Waals surface area contributed by atoms with Crippen molar-refractivity contribution >= 4 is 23.8 Å². The van der Waals surface area contributed by atoms with E-state index in [1.165, 1.54) is 19.8 Å². The van der Waals surface area contributed by atoms with Gasteiger partial charge in [-0.25, -0.2) is 9.80 Å². The lowest BCUT2D eigenvalue weighted by Gasteiger charge is -2.54. The van der Waals surface area contributed by atoms with Crippen molar-refractivity contribution in [3.8, 4) is 24.7 Å². The van der Waals surface area contributed by atoms with Gasteiger partial charge in [0, 0.05) is 13.1 Å². The highest BCUT2D eigenvalue weighted by Gasteiger charge is 2.51. The molecule has 1 aromatic carbocycles. The lowest BCUT2D eigenvalue weighted by Crippen LogP contribution is -2.76. The van der Waals surface area contributed by atoms with Crippen LogP contribution in [0.1, 0.15) is 12.0 Å². The predicted octanol–water partition coefficient (Wildman–Crippen LogP) is -0.448. The van der Waals surface area contributed by atoms with Crippen molar-refractivity contribution in [2.24, 2.45) is 0 Å². The van der Waals surface area contributed by atoms with E-state index in [0.717, 1.165) is 5.56 Å². The van der Waals surface area contributed by atoms with Crippen LogP contribution in [0.2, 0.25) is 0 Å². The van der Waals surface area contributed by atoms with Gasteiger partial charge in [0.2, 0.25) is 11.8 Å². The summed E-state index contributed by atoms with van der Waals surface area (Å²) in [5, 5.41) is 15.0. The number of hydrazine groups is 1. The maximum absolute atomic E-state index is 13.3. The number of carbonyl (C=O) groups is 4. The minimum absolute atomic E-state index is 0.0301. The number of terminal acetylenes is 2. The van der Waals surface area contributed by atoms with Crippen LogP contribution in [0.25, 0.3) is 0 Å². The summed E-state index contributed by atoms with van der Waals surface area (Å²) in [5.74, 6) is 2.51. The summed E-state index contributed by atoms with van der Waals surface area (Å²) in [6.07, 6.45) is 9.12. The predicted molar refractivity (Wildman–Crippen MR) is 124 cm³/mol. The summed E-state index contributed by atoms with van der Waals surface area (Å²) in [5.41, 5.74) is 0.865. The molecule has 4 amide bonds. The van der Waals surface area contributed by atoms with Crippen molar-refractivity contribution in [3.63, 3.8) is 0 Å². The molecule has 2 aliphatic heterocycles. The fourth-order valence-electron chi connectivity index (χ4n) is 4.16. The Morgan fingerprint density at radius 3 is 2.57 bits per heavy atom. The first-order chi connectivity index (χ1) is 16.9. The molecule has 2 saturated heterocycles. The summed E-state index contributed by atoms with van der Waals surface area (Å²) in [6, 6.07) is 7.45. The third-order valence-electron chi connectivity index (χ3n) is 5.66. The van der Waals surface area contributed by atoms with E-state index in [9.17, 15) is 24.3 Å². The van der Waals surface area contributed by atoms with Crippen LogP contribution in [0.4, 0.5) is 4.79 Å². The van der Waals surface area contributed by atoms with Crippen LogP contribution in [0.15, 0.2) is 30.3 Å². The van der Waals surface area contributed by atoms with E-state index in [-0.39, 0.29) is 45.9 Å². The number of ether oxygens (including phenoxy) is 1. The van der Waals surface area contributed by atoms with Crippen LogP contribution >= 0.6 is 0 Å². The van der Waals surface area contributed by atoms with Gasteiger partial charge in [0.25, 0.3) is 0 Å². The number of carboxylic acids is 1. The molecule has 184 valence electrons. The zero-order valence-corrected chi connectivity index (χ0v) is 19.1. The normalized spacial score (nSPS) is 20.1. The van der Waals surface area contributed by atoms with E-state index in [4.69, 9.17) is 17.6 Å². The maximum atomic E-state index is 13.3. The fourth-order valence-corrected chi connectivity index (χ4v) is 4.16. The number of nitrogens with zero attached hydrogens (tertiary/aromatic N) is 4. The number of amides is 4. The Labute approximate surface area is 203 Å². The van der Waals surface area contributed by atoms with Crippen molar-refractivity contribution in [2.45, 2.75) is 25.2 Å². The highest BCUT2D eigenvalue weighted by Crippen LogP contribution is 2.27. The molecule has 0 bridgehead atoms. The van der Waals surface area contributed by atoms with Crippen molar-refractivity contribution < 1.29 is 29.0 Å². The molecule has 0 aromatic heterocycles. The Morgan fingerprint density at radius 2 is 1.91 bits per heavy atom. The third-order valence-corrected chi connectivity index (χ3v) is 5.66. The zero-order chi connectivity index (χ0) is 25.4. The van der Waals surface area contributed by atoms with Crippen molar-refractivity contribution in [1.82, 2.24) is 25.1 Å². The Hall–Kier alpha value is -4.06. The standard InChI is InChI=1S/C24H27N5O6/c1-3-10-27-17-21(30)28-19(14-22(31)32)23(33)26(11-13-35-12-4-2)16-20(28)29(27)24(34)25-15-18-8-6-5-7-9-18/h1-2,5-9,19-20H,10-17H2,(H,25,34)(H,31,32)/t19-,20-/m0/s1. The molecule has 2 fully saturated rings. The van der Waals surface area contributed by atoms with E-state index in [0.29, 0.717) is 0 Å². The number of hydrogen-bond donors (Lipinski definition) is 2. The van der Waals surface area contributed by atoms with Crippen LogP contribution in [0, 0.1) is 24.7 Å². The molecule has 1 aromatic rings. The van der Waals surface area contributed by atoms with E-state index in [2.05, 4.69) is 17.2 Å². The van der Waals surface area contributed by atoms with Gasteiger partial charge in [0.05, 0.1) is 32.7 Å². The first-order valence-corrected chi connectivity index (χ1v) is 11.0. The van der Waals surface area contributed by atoms with Gasteiger partial charge in [-0.05, 0) is 5.56 Å². The van der Waals surface area contributed by atoms with E-state index >= 15 is 0 Å². The number of piperazine rings is 1. The second-order valence-electron chi connectivity index (χ2n) is 7.95. The van der Waals surface area contributed by atoms with Gasteiger partial charge in [-0.15, -0.1) is 12.8 Å². The minimum Gasteiger partial charge on any atom is -0.481 e. The number of carboxylic acid groups (broad SMARTS) is 1. The second-order valence-corrected chi connectivity index (χ2v) is 7.95. The number of hydrogen-bond acceptors (Lipinski definition) is 6. The molecule has 0 aliphatic carbocycles. The van der Waals surface area contributed by atoms with E-state index in [1.54, 1.807) is 0 Å². The molecule has 0 unspecified atom stereocenters. The summed E-state index contributed by atoms with van der Waals surface area (Å²) in [7, 11) is 0. The van der Waals surface area contributed by atoms with Crippen molar-refractivity contribution in [1.29, 1.82) is 0 Å². The number of fused-ring (bicyclic) bond motifs is 1. The average molecular weight is 482 g/mol. The Bertz CT molecular complexity index is 1030. The average Bonchev–Trinajstić information content (AvgIpc) is 2.83. The maximum Gasteiger partial charge on any atom is 0.334 e. The molecule has 2 heterocycles. The lowest BCUT2D eigenvalue weighted by molar-refractivity contribution is -0.190. The molecule has 0 spiro atoms. The second kappa shape index (κ2) is 11.9. The number of carbonyl (C=O) groups excluding carboxylic acids is 3. The van der Waals surface area contributed by atoms with Gasteiger partial charge in [-0.2, -0.15) is 5.01 Å². The molecule has 2 atom stereocenters. The van der Waals surface area contributed by atoms with Gasteiger partial charge in [0.15, 0.2) is 0 Å². The van der Waals surface area contributed by atoms with Gasteiger partial charge in [-0.3, -0.25) is 14.4 Å². The van der Waals surface area contributed by atoms with Crippen molar-refractivity contribution in [3.05, 3.63) is 35.9 Å². The summed E-state index contributed by atoms with van der Waals surface area (Å²) < 4.78 is 5.27. The molecule has 35 heavy (non-hydrogen) atoms. The molecular weight excluding hydrogens is 454 g/mol. The number of aliphatic carboxylic acids is 1. The third kappa shape index (κ3) is 6.09.